The van der Waals surface area contributed by atoms with Crippen LogP contribution in [0, 0.1) is 5.82 Å². The number of piperidine rings is 1. The Kier molecular flexibility index (Phi) is 8.73. The van der Waals surface area contributed by atoms with Crippen LogP contribution in [0.4, 0.5) is 4.39 Å². The molecule has 0 amide bonds. The van der Waals surface area contributed by atoms with Gasteiger partial charge in [-0.05, 0) is 74.8 Å². The minimum Gasteiger partial charge on any atom is -0.478 e. The van der Waals surface area contributed by atoms with Crippen molar-refractivity contribution in [3.05, 3.63) is 119 Å². The topological polar surface area (TPSA) is 120 Å². The van der Waals surface area contributed by atoms with Crippen LogP contribution in [0.5, 0.6) is 5.88 Å². The van der Waals surface area contributed by atoms with Gasteiger partial charge in [-0.2, -0.15) is 0 Å². The lowest BCUT2D eigenvalue weighted by Crippen LogP contribution is -2.35. The molecule has 0 radical (unpaired) electrons. The van der Waals surface area contributed by atoms with E-state index >= 15 is 0 Å². The maximum absolute atomic E-state index is 14.9. The summed E-state index contributed by atoms with van der Waals surface area (Å²) in [6.07, 6.45) is 5.96. The molecule has 0 saturated carbocycles. The number of hydrogen-bond acceptors (Lipinski definition) is 8. The number of hydrogen-bond donors (Lipinski definition) is 1. The average Bonchev–Trinajstić information content (AvgIpc) is 3.42. The number of imidazole rings is 1. The Morgan fingerprint density at radius 3 is 2.51 bits per heavy atom. The number of carboxylic acid groups (broad SMARTS) is 1. The molecule has 0 aliphatic carbocycles. The highest BCUT2D eigenvalue weighted by Crippen LogP contribution is 2.30. The summed E-state index contributed by atoms with van der Waals surface area (Å²) in [6.45, 7) is 3.76. The van der Waals surface area contributed by atoms with Crippen LogP contribution in [0.1, 0.15) is 68.5 Å². The average molecular weight is 636 g/mol. The standard InChI is InChI=1S/C36H34FN5O5/c37-29-17-24(35(43)26-3-2-13-38-19-26)6-7-27(29)22-47-34-5-1-4-30(40-34)23-10-14-41(15-11-23)21-33-39-31-9-8-25(36(44)45)18-32(31)42(33)20-28-12-16-46-28/h1-9,13,17-19,23,28H,10-12,14-16,20-22H2,(H,44,45)/t28-/m0/s1. The van der Waals surface area contributed by atoms with E-state index in [4.69, 9.17) is 19.4 Å². The Morgan fingerprint density at radius 1 is 0.957 bits per heavy atom. The van der Waals surface area contributed by atoms with Gasteiger partial charge >= 0.3 is 5.97 Å². The molecule has 5 aromatic rings. The fourth-order valence-electron chi connectivity index (χ4n) is 6.21. The van der Waals surface area contributed by atoms with Crippen LogP contribution < -0.4 is 4.74 Å². The van der Waals surface area contributed by atoms with Gasteiger partial charge in [-0.3, -0.25) is 14.7 Å². The molecule has 5 heterocycles. The fraction of sp³-hybridized carbons (Fsp3) is 0.306. The Morgan fingerprint density at radius 2 is 1.79 bits per heavy atom. The Balaban J connectivity index is 0.972. The first-order chi connectivity index (χ1) is 22.9. The van der Waals surface area contributed by atoms with E-state index in [2.05, 4.69) is 14.5 Å². The second-order valence-corrected chi connectivity index (χ2v) is 12.0. The Labute approximate surface area is 270 Å². The molecule has 2 saturated heterocycles. The number of rotatable bonds is 11. The molecule has 10 nitrogen and oxygen atoms in total. The number of benzene rings is 2. The number of carboxylic acids is 1. The van der Waals surface area contributed by atoms with Gasteiger partial charge in [-0.1, -0.05) is 18.2 Å². The zero-order valence-electron chi connectivity index (χ0n) is 25.7. The number of aromatic carboxylic acids is 1. The molecule has 2 aliphatic rings. The van der Waals surface area contributed by atoms with Crippen molar-refractivity contribution in [2.24, 2.45) is 0 Å². The molecule has 2 fully saturated rings. The van der Waals surface area contributed by atoms with Crippen molar-refractivity contribution in [2.45, 2.75) is 51.0 Å². The van der Waals surface area contributed by atoms with E-state index in [1.807, 2.05) is 12.1 Å². The van der Waals surface area contributed by atoms with Gasteiger partial charge in [0.2, 0.25) is 5.88 Å². The summed E-state index contributed by atoms with van der Waals surface area (Å²) in [5.74, 6) is -0.174. The number of likely N-dealkylation sites (tertiary alicyclic amines) is 1. The Bertz CT molecular complexity index is 1920. The first-order valence-electron chi connectivity index (χ1n) is 15.8. The third kappa shape index (κ3) is 6.77. The van der Waals surface area contributed by atoms with Gasteiger partial charge in [-0.15, -0.1) is 0 Å². The summed E-state index contributed by atoms with van der Waals surface area (Å²) in [5.41, 5.74) is 3.78. The number of carbonyl (C=O) groups excluding carboxylic acids is 1. The molecular weight excluding hydrogens is 601 g/mol. The van der Waals surface area contributed by atoms with Gasteiger partial charge in [0, 0.05) is 53.4 Å². The summed E-state index contributed by atoms with van der Waals surface area (Å²) >= 11 is 0. The number of halogens is 1. The molecule has 47 heavy (non-hydrogen) atoms. The first kappa shape index (κ1) is 30.6. The van der Waals surface area contributed by atoms with E-state index in [-0.39, 0.29) is 35.5 Å². The van der Waals surface area contributed by atoms with Crippen LogP contribution in [0.2, 0.25) is 0 Å². The van der Waals surface area contributed by atoms with Crippen LogP contribution in [0.3, 0.4) is 0 Å². The monoisotopic (exact) mass is 635 g/mol. The molecule has 0 unspecified atom stereocenters. The summed E-state index contributed by atoms with van der Waals surface area (Å²) in [7, 11) is 0. The first-order valence-corrected chi connectivity index (χ1v) is 15.8. The van der Waals surface area contributed by atoms with Crippen LogP contribution in [-0.4, -0.2) is 67.1 Å². The fourth-order valence-corrected chi connectivity index (χ4v) is 6.21. The van der Waals surface area contributed by atoms with Crippen molar-refractivity contribution in [2.75, 3.05) is 19.7 Å². The number of aromatic nitrogens is 4. The normalized spacial score (nSPS) is 17.0. The van der Waals surface area contributed by atoms with E-state index in [1.165, 1.54) is 12.3 Å². The van der Waals surface area contributed by atoms with Gasteiger partial charge in [0.15, 0.2) is 5.78 Å². The number of pyridine rings is 2. The van der Waals surface area contributed by atoms with E-state index in [1.54, 1.807) is 54.7 Å². The maximum atomic E-state index is 14.9. The smallest absolute Gasteiger partial charge is 0.335 e. The summed E-state index contributed by atoms with van der Waals surface area (Å²) in [6, 6.07) is 18.5. The number of fused-ring (bicyclic) bond motifs is 1. The second-order valence-electron chi connectivity index (χ2n) is 12.0. The molecular formula is C36H34FN5O5. The molecule has 11 heteroatoms. The van der Waals surface area contributed by atoms with Crippen LogP contribution in [0.25, 0.3) is 11.0 Å². The summed E-state index contributed by atoms with van der Waals surface area (Å²) in [4.78, 5) is 40.2. The molecule has 0 spiro atoms. The lowest BCUT2D eigenvalue weighted by molar-refractivity contribution is -0.0592. The minimum atomic E-state index is -0.956. The minimum absolute atomic E-state index is 0.0110. The SMILES string of the molecule is O=C(O)c1ccc2nc(CN3CCC(c4cccc(OCc5ccc(C(=O)c6cccnc6)cc5F)n4)CC3)n(C[C@@H]3CCO3)c2c1. The van der Waals surface area contributed by atoms with E-state index in [0.29, 0.717) is 30.1 Å². The van der Waals surface area contributed by atoms with Crippen molar-refractivity contribution in [3.63, 3.8) is 0 Å². The summed E-state index contributed by atoms with van der Waals surface area (Å²) < 4.78 is 28.6. The van der Waals surface area contributed by atoms with Gasteiger partial charge in [0.25, 0.3) is 0 Å². The van der Waals surface area contributed by atoms with E-state index < -0.39 is 11.8 Å². The molecule has 2 aliphatic heterocycles. The lowest BCUT2D eigenvalue weighted by atomic mass is 9.93. The number of nitrogens with zero attached hydrogens (tertiary/aromatic N) is 5. The van der Waals surface area contributed by atoms with E-state index in [9.17, 15) is 19.1 Å². The maximum Gasteiger partial charge on any atom is 0.335 e. The quantitative estimate of drug-likeness (QED) is 0.184. The highest BCUT2D eigenvalue weighted by atomic mass is 19.1. The zero-order valence-corrected chi connectivity index (χ0v) is 25.7. The number of ether oxygens (including phenoxy) is 2. The highest BCUT2D eigenvalue weighted by molar-refractivity contribution is 6.08. The van der Waals surface area contributed by atoms with Crippen molar-refractivity contribution in [3.8, 4) is 5.88 Å². The zero-order chi connectivity index (χ0) is 32.3. The molecule has 7 rings (SSSR count). The summed E-state index contributed by atoms with van der Waals surface area (Å²) in [5, 5.41) is 9.53. The molecule has 3 aromatic heterocycles. The van der Waals surface area contributed by atoms with Crippen molar-refractivity contribution in [1.29, 1.82) is 0 Å². The molecule has 240 valence electrons. The van der Waals surface area contributed by atoms with Gasteiger partial charge in [0.05, 0.1) is 35.8 Å². The predicted octanol–water partition coefficient (Wildman–Crippen LogP) is 5.64. The van der Waals surface area contributed by atoms with Crippen LogP contribution in [0.15, 0.2) is 79.1 Å². The van der Waals surface area contributed by atoms with Crippen molar-refractivity contribution < 1.29 is 28.6 Å². The molecule has 0 bridgehead atoms. The molecule has 1 N–H and O–H groups in total. The van der Waals surface area contributed by atoms with Crippen LogP contribution in [-0.2, 0) is 24.4 Å². The predicted molar refractivity (Wildman–Crippen MR) is 171 cm³/mol. The van der Waals surface area contributed by atoms with Gasteiger partial charge in [0.1, 0.15) is 18.2 Å². The van der Waals surface area contributed by atoms with Crippen LogP contribution >= 0.6 is 0 Å². The highest BCUT2D eigenvalue weighted by Gasteiger charge is 2.26. The van der Waals surface area contributed by atoms with Gasteiger partial charge < -0.3 is 19.1 Å². The third-order valence-corrected chi connectivity index (χ3v) is 8.98. The second kappa shape index (κ2) is 13.4. The third-order valence-electron chi connectivity index (χ3n) is 8.98. The molecule has 2 aromatic carbocycles. The largest absolute Gasteiger partial charge is 0.478 e. The van der Waals surface area contributed by atoms with Gasteiger partial charge in [-0.25, -0.2) is 19.2 Å². The van der Waals surface area contributed by atoms with Crippen molar-refractivity contribution >= 4 is 22.8 Å². The number of carbonyl (C=O) groups is 2. The number of ketones is 1. The van der Waals surface area contributed by atoms with E-state index in [0.717, 1.165) is 61.5 Å². The van der Waals surface area contributed by atoms with Crippen molar-refractivity contribution in [1.82, 2.24) is 24.4 Å². The Hall–Kier alpha value is -5.00. The molecule has 1 atom stereocenters. The lowest BCUT2D eigenvalue weighted by Gasteiger charge is -2.32.